The van der Waals surface area contributed by atoms with Crippen LogP contribution in [0.15, 0.2) is 47.3 Å². The molecule has 0 aliphatic heterocycles. The van der Waals surface area contributed by atoms with Gasteiger partial charge in [0, 0.05) is 22.8 Å². The van der Waals surface area contributed by atoms with E-state index in [0.717, 1.165) is 23.0 Å². The van der Waals surface area contributed by atoms with E-state index in [1.807, 2.05) is 38.1 Å². The molecule has 0 spiro atoms. The predicted octanol–water partition coefficient (Wildman–Crippen LogP) is 4.54. The summed E-state index contributed by atoms with van der Waals surface area (Å²) >= 11 is 0. The molecule has 2 heterocycles. The van der Waals surface area contributed by atoms with Crippen LogP contribution >= 0.6 is 0 Å². The Morgan fingerprint density at radius 3 is 2.42 bits per heavy atom. The summed E-state index contributed by atoms with van der Waals surface area (Å²) in [6.45, 7) is 6.11. The Morgan fingerprint density at radius 1 is 1.06 bits per heavy atom. The van der Waals surface area contributed by atoms with E-state index in [4.69, 9.17) is 0 Å². The number of rotatable bonds is 5. The van der Waals surface area contributed by atoms with E-state index < -0.39 is 23.2 Å². The van der Waals surface area contributed by atoms with Crippen molar-refractivity contribution in [3.8, 4) is 0 Å². The molecule has 1 amide bonds. The van der Waals surface area contributed by atoms with Crippen LogP contribution in [-0.2, 0) is 0 Å². The molecule has 0 unspecified atom stereocenters. The number of aromatic nitrogens is 3. The van der Waals surface area contributed by atoms with Gasteiger partial charge in [-0.15, -0.1) is 0 Å². The largest absolute Gasteiger partial charge is 0.351 e. The number of benzene rings is 2. The molecule has 160 valence electrons. The number of carbonyl (C=O) groups is 1. The van der Waals surface area contributed by atoms with Gasteiger partial charge in [-0.25, -0.2) is 13.9 Å². The number of nitrogens with one attached hydrogen (secondary N) is 2. The van der Waals surface area contributed by atoms with Crippen LogP contribution in [0.2, 0.25) is 0 Å². The number of nitrogens with zero attached hydrogens (tertiary/aromatic N) is 2. The molecule has 0 bridgehead atoms. The summed E-state index contributed by atoms with van der Waals surface area (Å²) in [6, 6.07) is 10.6. The van der Waals surface area contributed by atoms with Crippen LogP contribution in [0.25, 0.3) is 21.7 Å². The molecule has 1 atom stereocenters. The first-order valence-electron chi connectivity index (χ1n) is 10.0. The van der Waals surface area contributed by atoms with Gasteiger partial charge in [0.2, 0.25) is 0 Å². The molecule has 4 aromatic rings. The first-order chi connectivity index (χ1) is 14.8. The van der Waals surface area contributed by atoms with Crippen molar-refractivity contribution in [3.63, 3.8) is 0 Å². The lowest BCUT2D eigenvalue weighted by atomic mass is 10.0. The van der Waals surface area contributed by atoms with Crippen molar-refractivity contribution >= 4 is 27.6 Å². The third kappa shape index (κ3) is 3.81. The summed E-state index contributed by atoms with van der Waals surface area (Å²) in [5.41, 5.74) is 0.925. The van der Waals surface area contributed by atoms with Gasteiger partial charge in [-0.3, -0.25) is 9.59 Å². The summed E-state index contributed by atoms with van der Waals surface area (Å²) < 4.78 is 27.7. The highest BCUT2D eigenvalue weighted by molar-refractivity contribution is 5.98. The molecular weight excluding hydrogens is 402 g/mol. The highest BCUT2D eigenvalue weighted by Crippen LogP contribution is 2.28. The van der Waals surface area contributed by atoms with E-state index in [-0.39, 0.29) is 22.6 Å². The Kier molecular flexibility index (Phi) is 5.31. The fourth-order valence-corrected chi connectivity index (χ4v) is 3.80. The lowest BCUT2D eigenvalue weighted by molar-refractivity contribution is 0.0657. The first kappa shape index (κ1) is 20.7. The molecule has 0 fully saturated rings. The summed E-state index contributed by atoms with van der Waals surface area (Å²) in [5, 5.41) is 7.50. The molecule has 0 radical (unpaired) electrons. The number of hydrogen-bond donors (Lipinski definition) is 2. The summed E-state index contributed by atoms with van der Waals surface area (Å²) in [7, 11) is 0. The van der Waals surface area contributed by atoms with Crippen molar-refractivity contribution in [2.75, 3.05) is 6.54 Å². The van der Waals surface area contributed by atoms with Crippen LogP contribution in [0.4, 0.5) is 8.78 Å². The number of para-hydroxylation sites is 1. The van der Waals surface area contributed by atoms with Crippen LogP contribution < -0.4 is 5.56 Å². The number of aromatic amines is 2. The third-order valence-electron chi connectivity index (χ3n) is 5.31. The maximum Gasteiger partial charge on any atom is 0.272 e. The van der Waals surface area contributed by atoms with Gasteiger partial charge in [0.1, 0.15) is 5.69 Å². The van der Waals surface area contributed by atoms with Gasteiger partial charge in [0.25, 0.3) is 11.5 Å². The van der Waals surface area contributed by atoms with E-state index in [0.29, 0.717) is 17.9 Å². The molecule has 31 heavy (non-hydrogen) atoms. The average Bonchev–Trinajstić information content (AvgIpc) is 3.17. The number of H-pyrrole nitrogens is 2. The summed E-state index contributed by atoms with van der Waals surface area (Å²) in [5.74, 6) is -2.30. The van der Waals surface area contributed by atoms with Crippen LogP contribution in [0.5, 0.6) is 0 Å². The standard InChI is InChI=1S/C23H22F2N4O2/c1-12(2)11-29(23(31)20-8-14-6-4-5-7-19(14)26-20)13(3)21-15-9-17(24)18(25)10-16(15)22(30)28-27-21/h4-10,12-13,26H,11H2,1-3H3,(H,28,30)/t13-/m1/s1. The van der Waals surface area contributed by atoms with Gasteiger partial charge in [0.05, 0.1) is 17.1 Å². The topological polar surface area (TPSA) is 81.8 Å². The van der Waals surface area contributed by atoms with Crippen molar-refractivity contribution in [1.82, 2.24) is 20.1 Å². The highest BCUT2D eigenvalue weighted by Gasteiger charge is 2.28. The maximum atomic E-state index is 14.0. The Balaban J connectivity index is 1.81. The maximum absolute atomic E-state index is 14.0. The second-order valence-electron chi connectivity index (χ2n) is 8.05. The zero-order valence-electron chi connectivity index (χ0n) is 17.4. The SMILES string of the molecule is CC(C)CN(C(=O)c1cc2ccccc2[nH]1)[C@H](C)c1n[nH]c(=O)c2cc(F)c(F)cc12. The minimum Gasteiger partial charge on any atom is -0.351 e. The third-order valence-corrected chi connectivity index (χ3v) is 5.31. The Bertz CT molecular complexity index is 1310. The second kappa shape index (κ2) is 7.94. The minimum absolute atomic E-state index is 0.0155. The normalized spacial score (nSPS) is 12.6. The molecule has 0 saturated heterocycles. The van der Waals surface area contributed by atoms with Crippen LogP contribution in [-0.4, -0.2) is 32.5 Å². The Morgan fingerprint density at radius 2 is 1.74 bits per heavy atom. The molecular formula is C23H22F2N4O2. The number of fused-ring (bicyclic) bond motifs is 2. The van der Waals surface area contributed by atoms with Gasteiger partial charge in [-0.1, -0.05) is 32.0 Å². The van der Waals surface area contributed by atoms with Gasteiger partial charge in [-0.2, -0.15) is 5.10 Å². The van der Waals surface area contributed by atoms with Crippen molar-refractivity contribution in [3.05, 3.63) is 75.8 Å². The quantitative estimate of drug-likeness (QED) is 0.493. The number of hydrogen-bond acceptors (Lipinski definition) is 3. The van der Waals surface area contributed by atoms with Crippen molar-refractivity contribution in [1.29, 1.82) is 0 Å². The van der Waals surface area contributed by atoms with Crippen LogP contribution in [0.3, 0.4) is 0 Å². The smallest absolute Gasteiger partial charge is 0.272 e. The molecule has 0 aliphatic rings. The Hall–Kier alpha value is -3.55. The lowest BCUT2D eigenvalue weighted by Crippen LogP contribution is -2.37. The molecule has 0 aliphatic carbocycles. The van der Waals surface area contributed by atoms with E-state index in [2.05, 4.69) is 15.2 Å². The molecule has 4 rings (SSSR count). The van der Waals surface area contributed by atoms with Crippen LogP contribution in [0.1, 0.15) is 43.0 Å². The lowest BCUT2D eigenvalue weighted by Gasteiger charge is -2.30. The van der Waals surface area contributed by atoms with E-state index in [1.54, 1.807) is 17.9 Å². The van der Waals surface area contributed by atoms with Crippen LogP contribution in [0, 0.1) is 17.6 Å². The van der Waals surface area contributed by atoms with E-state index in [9.17, 15) is 18.4 Å². The molecule has 2 N–H and O–H groups in total. The minimum atomic E-state index is -1.11. The monoisotopic (exact) mass is 424 g/mol. The second-order valence-corrected chi connectivity index (χ2v) is 8.05. The van der Waals surface area contributed by atoms with Crippen molar-refractivity contribution < 1.29 is 13.6 Å². The van der Waals surface area contributed by atoms with Gasteiger partial charge < -0.3 is 9.88 Å². The van der Waals surface area contributed by atoms with Gasteiger partial charge in [-0.05, 0) is 37.1 Å². The molecule has 0 saturated carbocycles. The first-order valence-corrected chi connectivity index (χ1v) is 10.0. The zero-order chi connectivity index (χ0) is 22.3. The zero-order valence-corrected chi connectivity index (χ0v) is 17.4. The summed E-state index contributed by atoms with van der Waals surface area (Å²) in [6.07, 6.45) is 0. The average molecular weight is 424 g/mol. The summed E-state index contributed by atoms with van der Waals surface area (Å²) in [4.78, 5) is 30.3. The fraction of sp³-hybridized carbons (Fsp3) is 0.261. The fourth-order valence-electron chi connectivity index (χ4n) is 3.80. The van der Waals surface area contributed by atoms with Gasteiger partial charge in [0.15, 0.2) is 11.6 Å². The van der Waals surface area contributed by atoms with Crippen molar-refractivity contribution in [2.24, 2.45) is 5.92 Å². The molecule has 2 aromatic heterocycles. The predicted molar refractivity (Wildman–Crippen MR) is 115 cm³/mol. The molecule has 8 heteroatoms. The number of carbonyl (C=O) groups excluding carboxylic acids is 1. The highest BCUT2D eigenvalue weighted by atomic mass is 19.2. The molecule has 2 aromatic carbocycles. The number of amides is 1. The van der Waals surface area contributed by atoms with E-state index >= 15 is 0 Å². The molecule has 6 nitrogen and oxygen atoms in total. The van der Waals surface area contributed by atoms with Crippen molar-refractivity contribution in [2.45, 2.75) is 26.8 Å². The number of halogens is 2. The Labute approximate surface area is 176 Å². The van der Waals surface area contributed by atoms with Gasteiger partial charge >= 0.3 is 0 Å². The van der Waals surface area contributed by atoms with E-state index in [1.165, 1.54) is 0 Å².